The molecule has 1 fully saturated rings. The van der Waals surface area contributed by atoms with Crippen molar-refractivity contribution in [2.45, 2.75) is 25.8 Å². The van der Waals surface area contributed by atoms with E-state index in [1.54, 1.807) is 55.6 Å². The van der Waals surface area contributed by atoms with Crippen molar-refractivity contribution in [2.75, 3.05) is 24.3 Å². The molecule has 1 atom stereocenters. The number of methoxy groups -OCH3 is 1. The van der Waals surface area contributed by atoms with E-state index in [-0.39, 0.29) is 17.7 Å². The smallest absolute Gasteiger partial charge is 0.322 e. The highest BCUT2D eigenvalue weighted by atomic mass is 16.5. The van der Waals surface area contributed by atoms with E-state index in [1.807, 2.05) is 0 Å². The third-order valence-electron chi connectivity index (χ3n) is 4.69. The largest absolute Gasteiger partial charge is 0.497 e. The molecular formula is C21H23N3O4. The Morgan fingerprint density at radius 1 is 1.04 bits per heavy atom. The highest BCUT2D eigenvalue weighted by Crippen LogP contribution is 2.22. The summed E-state index contributed by atoms with van der Waals surface area (Å²) in [6, 6.07) is 12.9. The molecule has 28 heavy (non-hydrogen) atoms. The van der Waals surface area contributed by atoms with Gasteiger partial charge in [-0.2, -0.15) is 0 Å². The van der Waals surface area contributed by atoms with Gasteiger partial charge in [0, 0.05) is 23.5 Å². The second-order valence-corrected chi connectivity index (χ2v) is 6.64. The van der Waals surface area contributed by atoms with E-state index in [1.165, 1.54) is 11.8 Å². The van der Waals surface area contributed by atoms with Crippen LogP contribution in [0.4, 0.5) is 16.2 Å². The summed E-state index contributed by atoms with van der Waals surface area (Å²) >= 11 is 0. The number of benzene rings is 2. The average molecular weight is 381 g/mol. The Bertz CT molecular complexity index is 879. The molecule has 0 saturated carbocycles. The second kappa shape index (κ2) is 8.56. The normalized spacial score (nSPS) is 15.8. The maximum Gasteiger partial charge on any atom is 0.322 e. The number of hydrogen-bond donors (Lipinski definition) is 2. The van der Waals surface area contributed by atoms with Gasteiger partial charge in [0.2, 0.25) is 5.91 Å². The molecule has 1 saturated heterocycles. The van der Waals surface area contributed by atoms with Gasteiger partial charge in [-0.05, 0) is 56.2 Å². The predicted molar refractivity (Wildman–Crippen MR) is 107 cm³/mol. The maximum absolute atomic E-state index is 12.7. The van der Waals surface area contributed by atoms with Crippen LogP contribution in [0, 0.1) is 0 Å². The monoisotopic (exact) mass is 381 g/mol. The summed E-state index contributed by atoms with van der Waals surface area (Å²) in [6.07, 6.45) is 1.35. The third-order valence-corrected chi connectivity index (χ3v) is 4.69. The van der Waals surface area contributed by atoms with Crippen molar-refractivity contribution in [3.05, 3.63) is 54.1 Å². The number of nitrogens with zero attached hydrogens (tertiary/aromatic N) is 1. The van der Waals surface area contributed by atoms with Crippen LogP contribution >= 0.6 is 0 Å². The standard InChI is InChI=1S/C21H23N3O4/c1-14(25)15-5-3-6-17(13-15)23-21(27)24-12-4-7-19(24)20(26)22-16-8-10-18(28-2)11-9-16/h3,5-6,8-11,13,19H,4,7,12H2,1-2H3,(H,22,26)(H,23,27)/t19-/m0/s1. The van der Waals surface area contributed by atoms with Crippen LogP contribution in [0.2, 0.25) is 0 Å². The maximum atomic E-state index is 12.7. The van der Waals surface area contributed by atoms with Crippen molar-refractivity contribution in [1.82, 2.24) is 4.90 Å². The predicted octanol–water partition coefficient (Wildman–Crippen LogP) is 3.53. The average Bonchev–Trinajstić information content (AvgIpc) is 3.19. The van der Waals surface area contributed by atoms with Crippen molar-refractivity contribution in [2.24, 2.45) is 0 Å². The molecule has 146 valence electrons. The van der Waals surface area contributed by atoms with Crippen LogP contribution in [-0.2, 0) is 4.79 Å². The number of ketones is 1. The lowest BCUT2D eigenvalue weighted by molar-refractivity contribution is -0.119. The molecule has 0 unspecified atom stereocenters. The zero-order valence-electron chi connectivity index (χ0n) is 15.9. The first-order chi connectivity index (χ1) is 13.5. The second-order valence-electron chi connectivity index (χ2n) is 6.64. The van der Waals surface area contributed by atoms with Crippen LogP contribution < -0.4 is 15.4 Å². The van der Waals surface area contributed by atoms with Crippen molar-refractivity contribution in [1.29, 1.82) is 0 Å². The summed E-state index contributed by atoms with van der Waals surface area (Å²) < 4.78 is 5.11. The molecule has 1 aliphatic heterocycles. The van der Waals surface area contributed by atoms with E-state index >= 15 is 0 Å². The lowest BCUT2D eigenvalue weighted by Crippen LogP contribution is -2.45. The molecule has 1 aliphatic rings. The van der Waals surface area contributed by atoms with Crippen LogP contribution in [0.15, 0.2) is 48.5 Å². The molecule has 0 aliphatic carbocycles. The number of likely N-dealkylation sites (tertiary alicyclic amines) is 1. The quantitative estimate of drug-likeness (QED) is 0.776. The van der Waals surface area contributed by atoms with Crippen LogP contribution in [0.3, 0.4) is 0 Å². The Morgan fingerprint density at radius 3 is 2.46 bits per heavy atom. The SMILES string of the molecule is COc1ccc(NC(=O)[C@@H]2CCCN2C(=O)Nc2cccc(C(C)=O)c2)cc1. The zero-order chi connectivity index (χ0) is 20.1. The number of urea groups is 1. The lowest BCUT2D eigenvalue weighted by atomic mass is 10.1. The number of Topliss-reactive ketones (excluding diaryl/α,β-unsaturated/α-hetero) is 1. The van der Waals surface area contributed by atoms with Gasteiger partial charge in [0.25, 0.3) is 0 Å². The number of amides is 3. The van der Waals surface area contributed by atoms with Crippen molar-refractivity contribution in [3.8, 4) is 5.75 Å². The van der Waals surface area contributed by atoms with Crippen molar-refractivity contribution >= 4 is 29.1 Å². The number of rotatable bonds is 5. The Hall–Kier alpha value is -3.35. The van der Waals surface area contributed by atoms with Gasteiger partial charge < -0.3 is 20.3 Å². The first kappa shape index (κ1) is 19.4. The Balaban J connectivity index is 1.65. The van der Waals surface area contributed by atoms with Gasteiger partial charge in [0.15, 0.2) is 5.78 Å². The van der Waals surface area contributed by atoms with Gasteiger partial charge in [-0.3, -0.25) is 9.59 Å². The van der Waals surface area contributed by atoms with E-state index in [4.69, 9.17) is 4.74 Å². The fraction of sp³-hybridized carbons (Fsp3) is 0.286. The van der Waals surface area contributed by atoms with Gasteiger partial charge in [0.1, 0.15) is 11.8 Å². The molecule has 2 aromatic carbocycles. The summed E-state index contributed by atoms with van der Waals surface area (Å²) in [4.78, 5) is 38.4. The van der Waals surface area contributed by atoms with Crippen molar-refractivity contribution < 1.29 is 19.1 Å². The first-order valence-electron chi connectivity index (χ1n) is 9.11. The molecule has 3 rings (SSSR count). The minimum Gasteiger partial charge on any atom is -0.497 e. The molecule has 3 amide bonds. The van der Waals surface area contributed by atoms with E-state index < -0.39 is 6.04 Å². The minimum absolute atomic E-state index is 0.0750. The molecular weight excluding hydrogens is 358 g/mol. The molecule has 0 radical (unpaired) electrons. The molecule has 0 spiro atoms. The molecule has 7 nitrogen and oxygen atoms in total. The zero-order valence-corrected chi connectivity index (χ0v) is 15.9. The molecule has 0 bridgehead atoms. The van der Waals surface area contributed by atoms with Crippen LogP contribution in [0.5, 0.6) is 5.75 Å². The third kappa shape index (κ3) is 4.49. The summed E-state index contributed by atoms with van der Waals surface area (Å²) in [5.41, 5.74) is 1.69. The fourth-order valence-corrected chi connectivity index (χ4v) is 3.19. The number of hydrogen-bond acceptors (Lipinski definition) is 4. The summed E-state index contributed by atoms with van der Waals surface area (Å²) in [7, 11) is 1.58. The minimum atomic E-state index is -0.543. The lowest BCUT2D eigenvalue weighted by Gasteiger charge is -2.24. The number of nitrogens with one attached hydrogen (secondary N) is 2. The van der Waals surface area contributed by atoms with E-state index in [0.29, 0.717) is 35.7 Å². The van der Waals surface area contributed by atoms with Crippen LogP contribution in [0.1, 0.15) is 30.1 Å². The molecule has 0 aromatic heterocycles. The molecule has 7 heteroatoms. The van der Waals surface area contributed by atoms with Crippen LogP contribution in [-0.4, -0.2) is 42.3 Å². The number of anilines is 2. The van der Waals surface area contributed by atoms with Gasteiger partial charge in [-0.1, -0.05) is 12.1 Å². The number of carbonyl (C=O) groups is 3. The Labute approximate surface area is 163 Å². The molecule has 2 aromatic rings. The van der Waals surface area contributed by atoms with Gasteiger partial charge in [-0.25, -0.2) is 4.79 Å². The number of ether oxygens (including phenoxy) is 1. The number of carbonyl (C=O) groups excluding carboxylic acids is 3. The van der Waals surface area contributed by atoms with Gasteiger partial charge >= 0.3 is 6.03 Å². The molecule has 2 N–H and O–H groups in total. The highest BCUT2D eigenvalue weighted by Gasteiger charge is 2.34. The first-order valence-corrected chi connectivity index (χ1v) is 9.11. The van der Waals surface area contributed by atoms with Crippen molar-refractivity contribution in [3.63, 3.8) is 0 Å². The highest BCUT2D eigenvalue weighted by molar-refractivity contribution is 6.00. The van der Waals surface area contributed by atoms with Crippen LogP contribution in [0.25, 0.3) is 0 Å². The Morgan fingerprint density at radius 2 is 1.79 bits per heavy atom. The van der Waals surface area contributed by atoms with E-state index in [0.717, 1.165) is 6.42 Å². The topological polar surface area (TPSA) is 87.7 Å². The Kier molecular flexibility index (Phi) is 5.93. The summed E-state index contributed by atoms with van der Waals surface area (Å²) in [5, 5.41) is 5.63. The van der Waals surface area contributed by atoms with Gasteiger partial charge in [-0.15, -0.1) is 0 Å². The summed E-state index contributed by atoms with van der Waals surface area (Å²) in [6.45, 7) is 1.97. The summed E-state index contributed by atoms with van der Waals surface area (Å²) in [5.74, 6) is 0.400. The van der Waals surface area contributed by atoms with E-state index in [9.17, 15) is 14.4 Å². The fourth-order valence-electron chi connectivity index (χ4n) is 3.19. The molecule has 1 heterocycles. The van der Waals surface area contributed by atoms with E-state index in [2.05, 4.69) is 10.6 Å². The van der Waals surface area contributed by atoms with Gasteiger partial charge in [0.05, 0.1) is 7.11 Å².